The molecule has 0 fully saturated rings. The maximum Gasteiger partial charge on any atom is 0.202 e. The van der Waals surface area contributed by atoms with E-state index in [4.69, 9.17) is 10.5 Å². The monoisotopic (exact) mass is 268 g/mol. The summed E-state index contributed by atoms with van der Waals surface area (Å²) < 4.78 is 7.08. The molecule has 3 aromatic rings. The molecule has 0 atom stereocenters. The Balaban J connectivity index is 2.00. The Labute approximate surface area is 117 Å². The molecule has 0 bridgehead atoms. The van der Waals surface area contributed by atoms with Crippen LogP contribution in [0.5, 0.6) is 5.75 Å². The number of hydrogen-bond acceptors (Lipinski definition) is 4. The lowest BCUT2D eigenvalue weighted by Crippen LogP contribution is -2.05. The van der Waals surface area contributed by atoms with Crippen molar-refractivity contribution < 1.29 is 4.74 Å². The van der Waals surface area contributed by atoms with Crippen molar-refractivity contribution in [1.29, 1.82) is 0 Å². The molecule has 0 unspecified atom stereocenters. The molecule has 0 aliphatic heterocycles. The molecular weight excluding hydrogens is 252 g/mol. The van der Waals surface area contributed by atoms with Gasteiger partial charge in [-0.1, -0.05) is 12.1 Å². The Bertz CT molecular complexity index is 746. The van der Waals surface area contributed by atoms with Crippen molar-refractivity contribution in [3.8, 4) is 5.75 Å². The first-order valence-corrected chi connectivity index (χ1v) is 6.39. The number of imidazole rings is 1. The quantitative estimate of drug-likeness (QED) is 0.792. The smallest absolute Gasteiger partial charge is 0.202 e. The molecule has 20 heavy (non-hydrogen) atoms. The maximum absolute atomic E-state index is 5.99. The van der Waals surface area contributed by atoms with Gasteiger partial charge in [0.05, 0.1) is 13.7 Å². The average molecular weight is 268 g/mol. The third-order valence-electron chi connectivity index (χ3n) is 3.26. The van der Waals surface area contributed by atoms with Crippen molar-refractivity contribution in [2.24, 2.45) is 0 Å². The average Bonchev–Trinajstić information content (AvgIpc) is 2.76. The lowest BCUT2D eigenvalue weighted by Gasteiger charge is -2.07. The van der Waals surface area contributed by atoms with Crippen LogP contribution in [0.2, 0.25) is 0 Å². The number of fused-ring (bicyclic) bond motifs is 1. The molecule has 0 radical (unpaired) electrons. The molecule has 5 nitrogen and oxygen atoms in total. The van der Waals surface area contributed by atoms with E-state index in [1.807, 2.05) is 47.9 Å². The van der Waals surface area contributed by atoms with Crippen molar-refractivity contribution in [1.82, 2.24) is 14.5 Å². The molecule has 1 aromatic carbocycles. The van der Waals surface area contributed by atoms with Gasteiger partial charge >= 0.3 is 0 Å². The van der Waals surface area contributed by atoms with E-state index in [0.717, 1.165) is 28.2 Å². The highest BCUT2D eigenvalue weighted by Crippen LogP contribution is 2.19. The Morgan fingerprint density at radius 1 is 1.10 bits per heavy atom. The van der Waals surface area contributed by atoms with Crippen LogP contribution in [0.4, 0.5) is 5.95 Å². The number of nitrogens with zero attached hydrogens (tertiary/aromatic N) is 3. The molecule has 2 N–H and O–H groups in total. The molecule has 0 saturated heterocycles. The third-order valence-corrected chi connectivity index (χ3v) is 3.26. The van der Waals surface area contributed by atoms with Gasteiger partial charge < -0.3 is 10.5 Å². The highest BCUT2D eigenvalue weighted by atomic mass is 16.5. The lowest BCUT2D eigenvalue weighted by atomic mass is 10.2. The SMILES string of the molecule is COc1ccc(Cn2c(N)nc3ccc(C)nc32)cc1. The highest BCUT2D eigenvalue weighted by molar-refractivity contribution is 5.74. The summed E-state index contributed by atoms with van der Waals surface area (Å²) in [4.78, 5) is 8.86. The number of methoxy groups -OCH3 is 1. The van der Waals surface area contributed by atoms with Gasteiger partial charge in [0.2, 0.25) is 5.95 Å². The van der Waals surface area contributed by atoms with Crippen LogP contribution in [0.15, 0.2) is 36.4 Å². The van der Waals surface area contributed by atoms with E-state index in [9.17, 15) is 0 Å². The van der Waals surface area contributed by atoms with E-state index in [1.54, 1.807) is 7.11 Å². The van der Waals surface area contributed by atoms with Crippen molar-refractivity contribution in [3.63, 3.8) is 0 Å². The van der Waals surface area contributed by atoms with Gasteiger partial charge in [0.15, 0.2) is 5.65 Å². The topological polar surface area (TPSA) is 66.0 Å². The number of hydrogen-bond donors (Lipinski definition) is 1. The lowest BCUT2D eigenvalue weighted by molar-refractivity contribution is 0.414. The summed E-state index contributed by atoms with van der Waals surface area (Å²) in [6.45, 7) is 2.60. The largest absolute Gasteiger partial charge is 0.497 e. The zero-order valence-electron chi connectivity index (χ0n) is 11.5. The van der Waals surface area contributed by atoms with E-state index < -0.39 is 0 Å². The molecule has 0 aliphatic carbocycles. The van der Waals surface area contributed by atoms with Gasteiger partial charge in [0.1, 0.15) is 11.3 Å². The van der Waals surface area contributed by atoms with Gasteiger partial charge in [-0.2, -0.15) is 0 Å². The molecular formula is C15H16N4O. The van der Waals surface area contributed by atoms with Crippen molar-refractivity contribution in [3.05, 3.63) is 47.7 Å². The first kappa shape index (κ1) is 12.5. The second-order valence-electron chi connectivity index (χ2n) is 4.70. The fourth-order valence-electron chi connectivity index (χ4n) is 2.18. The van der Waals surface area contributed by atoms with Crippen LogP contribution in [0, 0.1) is 6.92 Å². The molecule has 3 rings (SSSR count). The van der Waals surface area contributed by atoms with E-state index in [2.05, 4.69) is 9.97 Å². The number of rotatable bonds is 3. The number of nitrogens with two attached hydrogens (primary N) is 1. The molecule has 5 heteroatoms. The van der Waals surface area contributed by atoms with Crippen LogP contribution in [0.25, 0.3) is 11.2 Å². The zero-order valence-corrected chi connectivity index (χ0v) is 11.5. The fourth-order valence-corrected chi connectivity index (χ4v) is 2.18. The Hall–Kier alpha value is -2.56. The first-order valence-electron chi connectivity index (χ1n) is 6.39. The Kier molecular flexibility index (Phi) is 3.02. The van der Waals surface area contributed by atoms with E-state index in [1.165, 1.54) is 0 Å². The fraction of sp³-hybridized carbons (Fsp3) is 0.200. The summed E-state index contributed by atoms with van der Waals surface area (Å²) in [5, 5.41) is 0. The number of anilines is 1. The first-order chi connectivity index (χ1) is 9.67. The Morgan fingerprint density at radius 2 is 1.85 bits per heavy atom. The van der Waals surface area contributed by atoms with Gasteiger partial charge in [0.25, 0.3) is 0 Å². The van der Waals surface area contributed by atoms with Crippen LogP contribution < -0.4 is 10.5 Å². The van der Waals surface area contributed by atoms with Crippen LogP contribution in [-0.4, -0.2) is 21.6 Å². The highest BCUT2D eigenvalue weighted by Gasteiger charge is 2.10. The maximum atomic E-state index is 5.99. The van der Waals surface area contributed by atoms with E-state index in [-0.39, 0.29) is 0 Å². The predicted molar refractivity (Wildman–Crippen MR) is 78.8 cm³/mol. The molecule has 0 spiro atoms. The Morgan fingerprint density at radius 3 is 2.55 bits per heavy atom. The summed E-state index contributed by atoms with van der Waals surface area (Å²) >= 11 is 0. The van der Waals surface area contributed by atoms with Crippen LogP contribution in [0.3, 0.4) is 0 Å². The van der Waals surface area contributed by atoms with Crippen molar-refractivity contribution in [2.45, 2.75) is 13.5 Å². The van der Waals surface area contributed by atoms with Gasteiger partial charge in [0, 0.05) is 5.69 Å². The second kappa shape index (κ2) is 4.85. The standard InChI is InChI=1S/C15H16N4O/c1-10-3-8-13-14(17-10)19(15(16)18-13)9-11-4-6-12(20-2)7-5-11/h3-8H,9H2,1-2H3,(H2,16,18). The van der Waals surface area contributed by atoms with Crippen molar-refractivity contribution >= 4 is 17.1 Å². The summed E-state index contributed by atoms with van der Waals surface area (Å²) in [5.74, 6) is 1.32. The number of nitrogen functional groups attached to an aromatic ring is 1. The third kappa shape index (κ3) is 2.18. The number of aromatic nitrogens is 3. The zero-order chi connectivity index (χ0) is 14.1. The van der Waals surface area contributed by atoms with E-state index in [0.29, 0.717) is 12.5 Å². The van der Waals surface area contributed by atoms with Gasteiger partial charge in [-0.05, 0) is 36.8 Å². The predicted octanol–water partition coefficient (Wildman–Crippen LogP) is 2.38. The summed E-state index contributed by atoms with van der Waals surface area (Å²) in [5.41, 5.74) is 9.71. The summed E-state index contributed by atoms with van der Waals surface area (Å²) in [6, 6.07) is 11.8. The number of pyridine rings is 1. The van der Waals surface area contributed by atoms with Crippen molar-refractivity contribution in [2.75, 3.05) is 12.8 Å². The minimum atomic E-state index is 0.480. The van der Waals surface area contributed by atoms with Crippen LogP contribution >= 0.6 is 0 Å². The number of ether oxygens (including phenoxy) is 1. The molecule has 2 heterocycles. The summed E-state index contributed by atoms with van der Waals surface area (Å²) in [6.07, 6.45) is 0. The second-order valence-corrected chi connectivity index (χ2v) is 4.70. The van der Waals surface area contributed by atoms with E-state index >= 15 is 0 Å². The molecule has 2 aromatic heterocycles. The van der Waals surface area contributed by atoms with Gasteiger partial charge in [-0.3, -0.25) is 4.57 Å². The van der Waals surface area contributed by atoms with Crippen LogP contribution in [-0.2, 0) is 6.54 Å². The molecule has 0 aliphatic rings. The number of benzene rings is 1. The van der Waals surface area contributed by atoms with Gasteiger partial charge in [-0.25, -0.2) is 9.97 Å². The summed E-state index contributed by atoms with van der Waals surface area (Å²) in [7, 11) is 1.66. The minimum Gasteiger partial charge on any atom is -0.497 e. The normalized spacial score (nSPS) is 10.9. The van der Waals surface area contributed by atoms with Gasteiger partial charge in [-0.15, -0.1) is 0 Å². The molecule has 102 valence electrons. The minimum absolute atomic E-state index is 0.480. The van der Waals surface area contributed by atoms with Crippen LogP contribution in [0.1, 0.15) is 11.3 Å². The number of aryl methyl sites for hydroxylation is 1. The molecule has 0 saturated carbocycles. The molecule has 0 amide bonds.